The number of hydrogen-bond acceptors (Lipinski definition) is 1. The first-order chi connectivity index (χ1) is 9.83. The summed E-state index contributed by atoms with van der Waals surface area (Å²) in [4.78, 5) is 0. The molecule has 0 spiro atoms. The van der Waals surface area contributed by atoms with E-state index in [1.807, 2.05) is 30.3 Å². The fourth-order valence-electron chi connectivity index (χ4n) is 2.59. The fraction of sp³-hybridized carbons (Fsp3) is 0. The molecule has 0 fully saturated rings. The summed E-state index contributed by atoms with van der Waals surface area (Å²) in [6, 6.07) is 20.6. The molecule has 4 rings (SSSR count). The van der Waals surface area contributed by atoms with E-state index in [-0.39, 0.29) is 0 Å². The van der Waals surface area contributed by atoms with E-state index in [9.17, 15) is 0 Å². The van der Waals surface area contributed by atoms with E-state index >= 15 is 0 Å². The van der Waals surface area contributed by atoms with Gasteiger partial charge in [0.05, 0.1) is 11.3 Å². The maximum Gasteiger partial charge on any atom is 0.135 e. The second-order valence-corrected chi connectivity index (χ2v) is 5.20. The Balaban J connectivity index is 2.02. The lowest BCUT2D eigenvalue weighted by atomic mass is 10.0. The van der Waals surface area contributed by atoms with E-state index in [0.717, 1.165) is 26.8 Å². The number of furan rings is 1. The first-order valence-corrected chi connectivity index (χ1v) is 6.85. The summed E-state index contributed by atoms with van der Waals surface area (Å²) in [5, 5.41) is 3.87. The first-order valence-electron chi connectivity index (χ1n) is 6.48. The highest BCUT2D eigenvalue weighted by molar-refractivity contribution is 6.40. The lowest BCUT2D eigenvalue weighted by Crippen LogP contribution is -1.80. The van der Waals surface area contributed by atoms with E-state index in [4.69, 9.17) is 16.0 Å². The van der Waals surface area contributed by atoms with Gasteiger partial charge in [0.25, 0.3) is 0 Å². The molecule has 0 aliphatic heterocycles. The van der Waals surface area contributed by atoms with Gasteiger partial charge in [-0.2, -0.15) is 0 Å². The zero-order valence-electron chi connectivity index (χ0n) is 10.6. The molecule has 1 nitrogen and oxygen atoms in total. The van der Waals surface area contributed by atoms with Crippen molar-refractivity contribution in [2.75, 3.05) is 0 Å². The Morgan fingerprint density at radius 2 is 1.60 bits per heavy atom. The minimum absolute atomic E-state index is 0.755. The summed E-state index contributed by atoms with van der Waals surface area (Å²) >= 11 is 6.45. The predicted molar refractivity (Wildman–Crippen MR) is 84.2 cm³/mol. The van der Waals surface area contributed by atoms with Gasteiger partial charge in [-0.15, -0.1) is 0 Å². The third-order valence-corrected chi connectivity index (χ3v) is 4.02. The van der Waals surface area contributed by atoms with Crippen molar-refractivity contribution in [3.63, 3.8) is 0 Å². The van der Waals surface area contributed by atoms with Crippen LogP contribution in [0.1, 0.15) is 0 Å². The molecule has 0 radical (unpaired) electrons. The van der Waals surface area contributed by atoms with Crippen LogP contribution in [0.2, 0.25) is 5.02 Å². The molecule has 0 N–H and O–H groups in total. The number of rotatable bonds is 1. The zero-order valence-corrected chi connectivity index (χ0v) is 11.4. The van der Waals surface area contributed by atoms with Crippen molar-refractivity contribution in [2.24, 2.45) is 0 Å². The Morgan fingerprint density at radius 1 is 0.750 bits per heavy atom. The van der Waals surface area contributed by atoms with E-state index in [1.165, 1.54) is 11.1 Å². The largest absolute Gasteiger partial charge is 0.464 e. The van der Waals surface area contributed by atoms with Crippen molar-refractivity contribution < 1.29 is 4.42 Å². The molecule has 0 atom stereocenters. The number of hydrogen-bond donors (Lipinski definition) is 0. The monoisotopic (exact) mass is 278 g/mol. The summed E-state index contributed by atoms with van der Waals surface area (Å²) < 4.78 is 5.47. The average Bonchev–Trinajstić information content (AvgIpc) is 2.96. The van der Waals surface area contributed by atoms with Gasteiger partial charge in [0, 0.05) is 10.8 Å². The van der Waals surface area contributed by atoms with Crippen LogP contribution in [0.5, 0.6) is 0 Å². The van der Waals surface area contributed by atoms with Crippen LogP contribution in [0.4, 0.5) is 0 Å². The molecule has 2 heteroatoms. The van der Waals surface area contributed by atoms with Crippen LogP contribution in [0, 0.1) is 0 Å². The Labute approximate surface area is 121 Å². The highest BCUT2D eigenvalue weighted by Gasteiger charge is 2.08. The van der Waals surface area contributed by atoms with Gasteiger partial charge in [0.1, 0.15) is 5.58 Å². The number of fused-ring (bicyclic) bond motifs is 2. The number of halogens is 1. The molecule has 0 saturated heterocycles. The first kappa shape index (κ1) is 11.6. The topological polar surface area (TPSA) is 13.1 Å². The minimum Gasteiger partial charge on any atom is -0.464 e. The molecule has 1 aromatic heterocycles. The zero-order chi connectivity index (χ0) is 13.5. The Kier molecular flexibility index (Phi) is 2.54. The van der Waals surface area contributed by atoms with Crippen LogP contribution in [0.3, 0.4) is 0 Å². The van der Waals surface area contributed by atoms with Gasteiger partial charge in [0.2, 0.25) is 0 Å². The molecule has 0 aliphatic rings. The molecule has 0 amide bonds. The Morgan fingerprint density at radius 3 is 2.45 bits per heavy atom. The van der Waals surface area contributed by atoms with E-state index < -0.39 is 0 Å². The molecular formula is C18H11ClO. The molecule has 0 aliphatic carbocycles. The summed E-state index contributed by atoms with van der Waals surface area (Å²) in [5.41, 5.74) is 3.21. The third-order valence-electron chi connectivity index (χ3n) is 3.61. The highest BCUT2D eigenvalue weighted by Crippen LogP contribution is 2.35. The normalized spacial score (nSPS) is 11.2. The van der Waals surface area contributed by atoms with Gasteiger partial charge < -0.3 is 4.42 Å². The Hall–Kier alpha value is -2.25. The fourth-order valence-corrected chi connectivity index (χ4v) is 2.92. The smallest absolute Gasteiger partial charge is 0.135 e. The molecule has 0 saturated carbocycles. The maximum absolute atomic E-state index is 6.45. The summed E-state index contributed by atoms with van der Waals surface area (Å²) in [5.74, 6) is 0. The third kappa shape index (κ3) is 1.71. The lowest BCUT2D eigenvalue weighted by molar-refractivity contribution is 0.616. The van der Waals surface area contributed by atoms with Crippen molar-refractivity contribution in [2.45, 2.75) is 0 Å². The molecule has 4 aromatic rings. The van der Waals surface area contributed by atoms with Gasteiger partial charge >= 0.3 is 0 Å². The van der Waals surface area contributed by atoms with Crippen LogP contribution < -0.4 is 0 Å². The second-order valence-electron chi connectivity index (χ2n) is 4.82. The quantitative estimate of drug-likeness (QED) is 0.422. The van der Waals surface area contributed by atoms with E-state index in [2.05, 4.69) is 30.3 Å². The van der Waals surface area contributed by atoms with Gasteiger partial charge in [-0.3, -0.25) is 0 Å². The van der Waals surface area contributed by atoms with Crippen LogP contribution in [0.25, 0.3) is 32.9 Å². The van der Waals surface area contributed by atoms with Gasteiger partial charge in [-0.25, -0.2) is 0 Å². The lowest BCUT2D eigenvalue weighted by Gasteiger charge is -2.06. The SMILES string of the molecule is Clc1c2ccc(-c3ccccc3)cc2cc2occc12. The van der Waals surface area contributed by atoms with E-state index in [0.29, 0.717) is 0 Å². The summed E-state index contributed by atoms with van der Waals surface area (Å²) in [6.07, 6.45) is 1.67. The molecule has 0 unspecified atom stereocenters. The predicted octanol–water partition coefficient (Wildman–Crippen LogP) is 5.91. The average molecular weight is 279 g/mol. The van der Waals surface area contributed by atoms with Crippen LogP contribution in [0.15, 0.2) is 71.3 Å². The molecule has 96 valence electrons. The number of benzene rings is 3. The van der Waals surface area contributed by atoms with E-state index in [1.54, 1.807) is 6.26 Å². The molecule has 20 heavy (non-hydrogen) atoms. The molecule has 1 heterocycles. The van der Waals surface area contributed by atoms with Crippen molar-refractivity contribution in [3.8, 4) is 11.1 Å². The van der Waals surface area contributed by atoms with Crippen molar-refractivity contribution in [3.05, 3.63) is 71.9 Å². The highest BCUT2D eigenvalue weighted by atomic mass is 35.5. The van der Waals surface area contributed by atoms with Crippen LogP contribution in [-0.2, 0) is 0 Å². The van der Waals surface area contributed by atoms with Crippen molar-refractivity contribution >= 4 is 33.3 Å². The summed E-state index contributed by atoms with van der Waals surface area (Å²) in [7, 11) is 0. The van der Waals surface area contributed by atoms with Gasteiger partial charge in [-0.05, 0) is 34.7 Å². The minimum atomic E-state index is 0.755. The van der Waals surface area contributed by atoms with Gasteiger partial charge in [0.15, 0.2) is 0 Å². The standard InChI is InChI=1S/C18H11ClO/c19-18-15-7-6-13(12-4-2-1-3-5-12)10-14(15)11-17-16(18)8-9-20-17/h1-11H. The molecule has 0 bridgehead atoms. The van der Waals surface area contributed by atoms with Crippen molar-refractivity contribution in [1.82, 2.24) is 0 Å². The summed E-state index contributed by atoms with van der Waals surface area (Å²) in [6.45, 7) is 0. The van der Waals surface area contributed by atoms with Crippen molar-refractivity contribution in [1.29, 1.82) is 0 Å². The Bertz CT molecular complexity index is 907. The van der Waals surface area contributed by atoms with Crippen LogP contribution in [-0.4, -0.2) is 0 Å². The van der Waals surface area contributed by atoms with Crippen LogP contribution >= 0.6 is 11.6 Å². The van der Waals surface area contributed by atoms with Gasteiger partial charge in [-0.1, -0.05) is 54.1 Å². The molecular weight excluding hydrogens is 268 g/mol. The maximum atomic E-state index is 6.45. The molecule has 3 aromatic carbocycles. The second kappa shape index (κ2) is 4.39.